The zero-order chi connectivity index (χ0) is 19.8. The van der Waals surface area contributed by atoms with Crippen molar-refractivity contribution in [1.82, 2.24) is 0 Å². The van der Waals surface area contributed by atoms with Gasteiger partial charge < -0.3 is 40.1 Å². The van der Waals surface area contributed by atoms with Crippen molar-refractivity contribution in [2.45, 2.75) is 30.7 Å². The number of esters is 4. The summed E-state index contributed by atoms with van der Waals surface area (Å²) in [5, 5.41) is 53.5. The van der Waals surface area contributed by atoms with Crippen LogP contribution in [0.1, 0.15) is 12.8 Å². The van der Waals surface area contributed by atoms with Gasteiger partial charge in [0.1, 0.15) is 0 Å². The normalized spacial score (nSPS) is 15.4. The molecule has 0 rings (SSSR count). The Kier molecular flexibility index (Phi) is 8.80. The molecule has 0 spiro atoms. The summed E-state index contributed by atoms with van der Waals surface area (Å²) in [5.74, 6) is -8.79. The maximum Gasteiger partial charge on any atom is 0.347 e. The molecule has 0 aromatic carbocycles. The molecule has 0 fully saturated rings. The van der Waals surface area contributed by atoms with Crippen LogP contribution >= 0.6 is 0 Å². The molecule has 142 valence electrons. The van der Waals surface area contributed by atoms with Gasteiger partial charge in [-0.3, -0.25) is 9.59 Å². The maximum absolute atomic E-state index is 11.7. The van der Waals surface area contributed by atoms with Crippen LogP contribution in [0, 0.1) is 0 Å². The van der Waals surface area contributed by atoms with E-state index in [-0.39, 0.29) is 0 Å². The fraction of sp³-hybridized carbons (Fsp3) is 0.583. The molecule has 0 aliphatic carbocycles. The second-order valence-corrected chi connectivity index (χ2v) is 4.68. The largest absolute Gasteiger partial charge is 0.481 e. The number of carbonyl (C=O) groups is 5. The summed E-state index contributed by atoms with van der Waals surface area (Å²) < 4.78 is 7.94. The summed E-state index contributed by atoms with van der Waals surface area (Å²) in [6, 6.07) is 0. The maximum atomic E-state index is 11.7. The van der Waals surface area contributed by atoms with Gasteiger partial charge in [-0.1, -0.05) is 0 Å². The molecule has 0 aromatic rings. The Morgan fingerprint density at radius 3 is 1.68 bits per heavy atom. The van der Waals surface area contributed by atoms with Crippen molar-refractivity contribution in [2.24, 2.45) is 0 Å². The van der Waals surface area contributed by atoms with Crippen LogP contribution in [-0.2, 0) is 33.4 Å². The lowest BCUT2D eigenvalue weighted by atomic mass is 9.95. The standard InChI is InChI=1S/C12H16O13/c13-3-5(15)9(20)24-8(19)2-12(23,1-7(17)18)11(22)25-10(21)6(16)4-14/h5-6,13-16,23H,1-4H2,(H,17,18). The molecule has 13 heteroatoms. The van der Waals surface area contributed by atoms with Gasteiger partial charge in [-0.05, 0) is 0 Å². The molecular formula is C12H16O13. The number of hydrogen-bond donors (Lipinski definition) is 6. The number of hydrogen-bond acceptors (Lipinski definition) is 12. The van der Waals surface area contributed by atoms with Crippen molar-refractivity contribution in [3.8, 4) is 0 Å². The number of aliphatic carboxylic acids is 1. The SMILES string of the molecule is O=C(O)CC(O)(CC(=O)OC(=O)C(O)CO)C(=O)OC(=O)C(O)CO. The van der Waals surface area contributed by atoms with Gasteiger partial charge >= 0.3 is 29.8 Å². The lowest BCUT2D eigenvalue weighted by Gasteiger charge is -2.23. The van der Waals surface area contributed by atoms with Gasteiger partial charge in [-0.2, -0.15) is 0 Å². The number of aliphatic hydroxyl groups is 5. The van der Waals surface area contributed by atoms with Crippen LogP contribution in [0.4, 0.5) is 0 Å². The second kappa shape index (κ2) is 9.75. The van der Waals surface area contributed by atoms with Gasteiger partial charge in [-0.15, -0.1) is 0 Å². The molecule has 25 heavy (non-hydrogen) atoms. The molecule has 0 saturated heterocycles. The van der Waals surface area contributed by atoms with Gasteiger partial charge in [0.2, 0.25) is 0 Å². The Balaban J connectivity index is 5.16. The van der Waals surface area contributed by atoms with Gasteiger partial charge in [0.15, 0.2) is 17.8 Å². The van der Waals surface area contributed by atoms with Crippen LogP contribution in [0.5, 0.6) is 0 Å². The average Bonchev–Trinajstić information content (AvgIpc) is 2.51. The van der Waals surface area contributed by atoms with E-state index in [4.69, 9.17) is 25.5 Å². The lowest BCUT2D eigenvalue weighted by molar-refractivity contribution is -0.187. The molecular weight excluding hydrogens is 352 g/mol. The molecule has 0 aromatic heterocycles. The van der Waals surface area contributed by atoms with Gasteiger partial charge in [0.25, 0.3) is 0 Å². The summed E-state index contributed by atoms with van der Waals surface area (Å²) in [5.41, 5.74) is -3.15. The Bertz CT molecular complexity index is 541. The van der Waals surface area contributed by atoms with Crippen LogP contribution in [0.3, 0.4) is 0 Å². The number of carboxylic acid groups (broad SMARTS) is 1. The third-order valence-corrected chi connectivity index (χ3v) is 2.56. The molecule has 0 aliphatic rings. The van der Waals surface area contributed by atoms with Crippen molar-refractivity contribution >= 4 is 29.8 Å². The monoisotopic (exact) mass is 368 g/mol. The Hall–Kier alpha value is -2.45. The van der Waals surface area contributed by atoms with Crippen LogP contribution in [0.2, 0.25) is 0 Å². The average molecular weight is 368 g/mol. The Morgan fingerprint density at radius 2 is 1.28 bits per heavy atom. The minimum Gasteiger partial charge on any atom is -0.481 e. The fourth-order valence-electron chi connectivity index (χ4n) is 1.32. The first kappa shape index (κ1) is 22.6. The molecule has 0 bridgehead atoms. The van der Waals surface area contributed by atoms with Crippen molar-refractivity contribution < 1.29 is 64.1 Å². The first-order valence-electron chi connectivity index (χ1n) is 6.49. The highest BCUT2D eigenvalue weighted by Crippen LogP contribution is 2.19. The Morgan fingerprint density at radius 1 is 0.840 bits per heavy atom. The van der Waals surface area contributed by atoms with E-state index in [2.05, 4.69) is 9.47 Å². The molecule has 0 radical (unpaired) electrons. The van der Waals surface area contributed by atoms with E-state index < -0.39 is 73.7 Å². The first-order chi connectivity index (χ1) is 11.5. The fourth-order valence-corrected chi connectivity index (χ4v) is 1.32. The highest BCUT2D eigenvalue weighted by atomic mass is 16.6. The van der Waals surface area contributed by atoms with Crippen molar-refractivity contribution in [3.05, 3.63) is 0 Å². The minimum atomic E-state index is -3.15. The first-order valence-corrected chi connectivity index (χ1v) is 6.49. The summed E-state index contributed by atoms with van der Waals surface area (Å²) in [6.45, 7) is -2.24. The molecule has 0 amide bonds. The molecule has 0 saturated carbocycles. The van der Waals surface area contributed by atoms with E-state index in [0.29, 0.717) is 0 Å². The minimum absolute atomic E-state index is 1.10. The van der Waals surface area contributed by atoms with E-state index in [1.807, 2.05) is 0 Å². The molecule has 3 atom stereocenters. The van der Waals surface area contributed by atoms with E-state index in [1.54, 1.807) is 0 Å². The van der Waals surface area contributed by atoms with Crippen LogP contribution in [0.15, 0.2) is 0 Å². The van der Waals surface area contributed by atoms with Crippen LogP contribution in [0.25, 0.3) is 0 Å². The van der Waals surface area contributed by atoms with Crippen LogP contribution < -0.4 is 0 Å². The molecule has 3 unspecified atom stereocenters. The lowest BCUT2D eigenvalue weighted by Crippen LogP contribution is -2.47. The molecule has 6 N–H and O–H groups in total. The quantitative estimate of drug-likeness (QED) is 0.167. The van der Waals surface area contributed by atoms with E-state index in [9.17, 15) is 29.1 Å². The summed E-state index contributed by atoms with van der Waals surface area (Å²) >= 11 is 0. The topological polar surface area (TPSA) is 225 Å². The van der Waals surface area contributed by atoms with Gasteiger partial charge in [0.05, 0.1) is 26.1 Å². The predicted octanol–water partition coefficient (Wildman–Crippen LogP) is -4.57. The number of aliphatic hydroxyl groups excluding tert-OH is 4. The van der Waals surface area contributed by atoms with Crippen LogP contribution in [-0.4, -0.2) is 91.5 Å². The van der Waals surface area contributed by atoms with Gasteiger partial charge in [0, 0.05) is 0 Å². The van der Waals surface area contributed by atoms with Gasteiger partial charge in [-0.25, -0.2) is 14.4 Å². The Labute approximate surface area is 139 Å². The van der Waals surface area contributed by atoms with E-state index in [0.717, 1.165) is 0 Å². The smallest absolute Gasteiger partial charge is 0.347 e. The highest BCUT2D eigenvalue weighted by molar-refractivity contribution is 5.97. The third-order valence-electron chi connectivity index (χ3n) is 2.56. The highest BCUT2D eigenvalue weighted by Gasteiger charge is 2.45. The van der Waals surface area contributed by atoms with Crippen molar-refractivity contribution in [2.75, 3.05) is 13.2 Å². The zero-order valence-corrected chi connectivity index (χ0v) is 12.5. The number of ether oxygens (including phenoxy) is 2. The predicted molar refractivity (Wildman–Crippen MR) is 70.2 cm³/mol. The number of rotatable bonds is 9. The number of carbonyl (C=O) groups excluding carboxylic acids is 4. The third kappa shape index (κ3) is 7.32. The van der Waals surface area contributed by atoms with Crippen molar-refractivity contribution in [1.29, 1.82) is 0 Å². The molecule has 13 nitrogen and oxygen atoms in total. The second-order valence-electron chi connectivity index (χ2n) is 4.68. The van der Waals surface area contributed by atoms with E-state index >= 15 is 0 Å². The summed E-state index contributed by atoms with van der Waals surface area (Å²) in [4.78, 5) is 56.2. The molecule has 0 heterocycles. The summed E-state index contributed by atoms with van der Waals surface area (Å²) in [6.07, 6.45) is -7.17. The summed E-state index contributed by atoms with van der Waals surface area (Å²) in [7, 11) is 0. The zero-order valence-electron chi connectivity index (χ0n) is 12.5. The molecule has 0 aliphatic heterocycles. The number of carboxylic acids is 1. The van der Waals surface area contributed by atoms with E-state index in [1.165, 1.54) is 0 Å². The van der Waals surface area contributed by atoms with Crippen molar-refractivity contribution in [3.63, 3.8) is 0 Å².